The molecule has 2 amide bonds. The van der Waals surface area contributed by atoms with Gasteiger partial charge in [0.05, 0.1) is 25.5 Å². The van der Waals surface area contributed by atoms with Gasteiger partial charge >= 0.3 is 5.97 Å². The van der Waals surface area contributed by atoms with E-state index in [1.807, 2.05) is 34.1 Å². The molecule has 4 N–H and O–H groups in total. The van der Waals surface area contributed by atoms with Crippen LogP contribution in [-0.4, -0.2) is 89.9 Å². The number of aliphatic hydroxyl groups is 1. The van der Waals surface area contributed by atoms with Crippen molar-refractivity contribution in [3.05, 3.63) is 53.1 Å². The van der Waals surface area contributed by atoms with E-state index in [0.717, 1.165) is 42.5 Å². The molecule has 1 fully saturated rings. The number of nitrogens with two attached hydrogens (primary N) is 1. The number of para-hydroxylation sites is 1. The second-order valence-corrected chi connectivity index (χ2v) is 11.9. The standard InChI is InChI=1S/C33H44N4O7/c1-2-3-12-35(13-7-6-11-34)30(40)19-36-18-25(23-15-24(20-38)32-28(16-23)43-21-44-32)31(33(41)42)27(36)10-14-37-26-9-5-4-8-22(26)17-29(37)39/h4-5,8-9,15-16,25,27,31,38H,2-3,6-7,10-14,17-21,34H2,1H3,(H,41,42)/t25-,27+,31-/m1/s1. The lowest BCUT2D eigenvalue weighted by Crippen LogP contribution is -2.46. The fraction of sp³-hybridized carbons (Fsp3) is 0.545. The Bertz CT molecular complexity index is 1350. The fourth-order valence-electron chi connectivity index (χ4n) is 6.88. The summed E-state index contributed by atoms with van der Waals surface area (Å²) in [6, 6.07) is 10.8. The predicted octanol–water partition coefficient (Wildman–Crippen LogP) is 2.72. The van der Waals surface area contributed by atoms with Gasteiger partial charge in [0.1, 0.15) is 0 Å². The average Bonchev–Trinajstić information content (AvgIpc) is 3.72. The molecule has 3 aliphatic rings. The molecule has 2 aromatic rings. The van der Waals surface area contributed by atoms with Crippen molar-refractivity contribution in [2.24, 2.45) is 11.7 Å². The Morgan fingerprint density at radius 3 is 2.66 bits per heavy atom. The van der Waals surface area contributed by atoms with Crippen molar-refractivity contribution >= 4 is 23.5 Å². The number of likely N-dealkylation sites (tertiary alicyclic amines) is 1. The van der Waals surface area contributed by atoms with Crippen LogP contribution in [0.3, 0.4) is 0 Å². The highest BCUT2D eigenvalue weighted by Gasteiger charge is 2.48. The molecule has 0 radical (unpaired) electrons. The van der Waals surface area contributed by atoms with E-state index in [-0.39, 0.29) is 31.8 Å². The van der Waals surface area contributed by atoms with Crippen molar-refractivity contribution in [1.29, 1.82) is 0 Å². The van der Waals surface area contributed by atoms with Crippen molar-refractivity contribution in [3.8, 4) is 11.5 Å². The number of aliphatic carboxylic acids is 1. The van der Waals surface area contributed by atoms with Gasteiger partial charge in [-0.3, -0.25) is 19.3 Å². The number of carboxylic acids is 1. The third kappa shape index (κ3) is 6.69. The number of unbranched alkanes of at least 4 members (excludes halogenated alkanes) is 2. The largest absolute Gasteiger partial charge is 0.481 e. The van der Waals surface area contributed by atoms with Crippen LogP contribution in [0.25, 0.3) is 0 Å². The van der Waals surface area contributed by atoms with Crippen molar-refractivity contribution in [2.75, 3.05) is 51.0 Å². The maximum absolute atomic E-state index is 13.8. The predicted molar refractivity (Wildman–Crippen MR) is 165 cm³/mol. The molecule has 0 bridgehead atoms. The molecule has 3 atom stereocenters. The average molecular weight is 609 g/mol. The van der Waals surface area contributed by atoms with Crippen LogP contribution in [0.4, 0.5) is 5.69 Å². The quantitative estimate of drug-likeness (QED) is 0.260. The fourth-order valence-corrected chi connectivity index (χ4v) is 6.88. The maximum atomic E-state index is 13.8. The lowest BCUT2D eigenvalue weighted by atomic mass is 9.83. The summed E-state index contributed by atoms with van der Waals surface area (Å²) in [6.45, 7) is 4.44. The Labute approximate surface area is 258 Å². The summed E-state index contributed by atoms with van der Waals surface area (Å²) in [5.41, 5.74) is 8.78. The minimum absolute atomic E-state index is 0.00995. The highest BCUT2D eigenvalue weighted by molar-refractivity contribution is 6.01. The molecule has 11 heteroatoms. The number of carbonyl (C=O) groups is 3. The molecule has 0 spiro atoms. The number of carboxylic acid groups (broad SMARTS) is 1. The van der Waals surface area contributed by atoms with E-state index in [1.54, 1.807) is 17.0 Å². The summed E-state index contributed by atoms with van der Waals surface area (Å²) in [5.74, 6) is -1.36. The molecule has 1 saturated heterocycles. The van der Waals surface area contributed by atoms with Crippen LogP contribution in [-0.2, 0) is 27.4 Å². The first kappa shape index (κ1) is 31.7. The van der Waals surface area contributed by atoms with Gasteiger partial charge < -0.3 is 35.2 Å². The van der Waals surface area contributed by atoms with Gasteiger partial charge in [0.2, 0.25) is 18.6 Å². The molecule has 0 unspecified atom stereocenters. The number of amides is 2. The summed E-state index contributed by atoms with van der Waals surface area (Å²) in [5, 5.41) is 20.7. The molecule has 11 nitrogen and oxygen atoms in total. The lowest BCUT2D eigenvalue weighted by Gasteiger charge is -2.31. The van der Waals surface area contributed by atoms with Gasteiger partial charge in [-0.1, -0.05) is 31.5 Å². The highest BCUT2D eigenvalue weighted by Crippen LogP contribution is 2.45. The molecule has 44 heavy (non-hydrogen) atoms. The number of rotatable bonds is 15. The van der Waals surface area contributed by atoms with E-state index in [4.69, 9.17) is 15.2 Å². The summed E-state index contributed by atoms with van der Waals surface area (Å²) >= 11 is 0. The van der Waals surface area contributed by atoms with Gasteiger partial charge in [-0.2, -0.15) is 0 Å². The number of carbonyl (C=O) groups excluding carboxylic acids is 2. The summed E-state index contributed by atoms with van der Waals surface area (Å²) in [4.78, 5) is 45.3. The van der Waals surface area contributed by atoms with Crippen LogP contribution in [0.1, 0.15) is 61.6 Å². The number of hydrogen-bond donors (Lipinski definition) is 3. The number of hydrogen-bond acceptors (Lipinski definition) is 8. The van der Waals surface area contributed by atoms with Gasteiger partial charge in [0, 0.05) is 49.4 Å². The van der Waals surface area contributed by atoms with Crippen LogP contribution in [0, 0.1) is 5.92 Å². The van der Waals surface area contributed by atoms with Crippen molar-refractivity contribution < 1.29 is 34.1 Å². The maximum Gasteiger partial charge on any atom is 0.308 e. The van der Waals surface area contributed by atoms with Crippen molar-refractivity contribution in [2.45, 2.75) is 64.0 Å². The Morgan fingerprint density at radius 2 is 1.91 bits per heavy atom. The third-order valence-electron chi connectivity index (χ3n) is 9.13. The number of benzene rings is 2. The Morgan fingerprint density at radius 1 is 1.11 bits per heavy atom. The molecular weight excluding hydrogens is 564 g/mol. The topological polar surface area (TPSA) is 146 Å². The zero-order valence-electron chi connectivity index (χ0n) is 25.5. The molecule has 5 rings (SSSR count). The smallest absolute Gasteiger partial charge is 0.308 e. The Hall–Kier alpha value is -3.67. The van der Waals surface area contributed by atoms with E-state index in [2.05, 4.69) is 6.92 Å². The van der Waals surface area contributed by atoms with Crippen LogP contribution in [0.2, 0.25) is 0 Å². The van der Waals surface area contributed by atoms with E-state index in [0.29, 0.717) is 62.6 Å². The molecule has 238 valence electrons. The summed E-state index contributed by atoms with van der Waals surface area (Å²) in [6.07, 6.45) is 4.20. The van der Waals surface area contributed by atoms with Gasteiger partial charge in [0.15, 0.2) is 11.5 Å². The first-order valence-corrected chi connectivity index (χ1v) is 15.7. The van der Waals surface area contributed by atoms with Crippen molar-refractivity contribution in [1.82, 2.24) is 9.80 Å². The molecule has 3 aliphatic heterocycles. The minimum Gasteiger partial charge on any atom is -0.481 e. The number of ether oxygens (including phenoxy) is 2. The zero-order valence-corrected chi connectivity index (χ0v) is 25.5. The minimum atomic E-state index is -0.961. The van der Waals surface area contributed by atoms with E-state index in [1.165, 1.54) is 0 Å². The first-order valence-electron chi connectivity index (χ1n) is 15.7. The van der Waals surface area contributed by atoms with Gasteiger partial charge in [-0.25, -0.2) is 0 Å². The molecule has 3 heterocycles. The van der Waals surface area contributed by atoms with Crippen LogP contribution >= 0.6 is 0 Å². The number of fused-ring (bicyclic) bond motifs is 2. The van der Waals surface area contributed by atoms with Gasteiger partial charge in [0.25, 0.3) is 0 Å². The van der Waals surface area contributed by atoms with E-state index < -0.39 is 23.8 Å². The van der Waals surface area contributed by atoms with E-state index >= 15 is 0 Å². The lowest BCUT2D eigenvalue weighted by molar-refractivity contribution is -0.143. The normalized spacial score (nSPS) is 20.8. The van der Waals surface area contributed by atoms with Crippen LogP contribution < -0.4 is 20.1 Å². The number of nitrogens with zero attached hydrogens (tertiary/aromatic N) is 3. The third-order valence-corrected chi connectivity index (χ3v) is 9.13. The molecule has 2 aromatic carbocycles. The zero-order chi connectivity index (χ0) is 31.2. The summed E-state index contributed by atoms with van der Waals surface area (Å²) < 4.78 is 11.2. The second-order valence-electron chi connectivity index (χ2n) is 11.9. The monoisotopic (exact) mass is 608 g/mol. The molecular formula is C33H44N4O7. The van der Waals surface area contributed by atoms with Crippen LogP contribution in [0.15, 0.2) is 36.4 Å². The highest BCUT2D eigenvalue weighted by atomic mass is 16.7. The summed E-state index contributed by atoms with van der Waals surface area (Å²) in [7, 11) is 0. The number of anilines is 1. The van der Waals surface area contributed by atoms with E-state index in [9.17, 15) is 24.6 Å². The first-order chi connectivity index (χ1) is 21.4. The second kappa shape index (κ2) is 14.4. The van der Waals surface area contributed by atoms with Gasteiger partial charge in [-0.05, 0) is 61.6 Å². The Kier molecular flexibility index (Phi) is 10.4. The van der Waals surface area contributed by atoms with Gasteiger partial charge in [-0.15, -0.1) is 0 Å². The number of aliphatic hydroxyl groups excluding tert-OH is 1. The van der Waals surface area contributed by atoms with Crippen molar-refractivity contribution in [3.63, 3.8) is 0 Å². The Balaban J connectivity index is 1.44. The van der Waals surface area contributed by atoms with Crippen LogP contribution in [0.5, 0.6) is 11.5 Å². The SMILES string of the molecule is CCCCN(CCCCN)C(=O)CN1C[C@H](c2cc(CO)c3c(c2)OCO3)[C@@H](C(=O)O)[C@@H]1CCN1C(=O)Cc2ccccc21. The molecule has 0 aromatic heterocycles. The molecule has 0 saturated carbocycles. The molecule has 0 aliphatic carbocycles.